The Morgan fingerprint density at radius 3 is 2.60 bits per heavy atom. The van der Waals surface area contributed by atoms with E-state index in [0.29, 0.717) is 15.6 Å². The molecule has 2 rings (SSSR count). The molecule has 0 aliphatic rings. The van der Waals surface area contributed by atoms with Crippen molar-refractivity contribution < 1.29 is 19.0 Å². The zero-order chi connectivity index (χ0) is 14.7. The second-order valence-electron chi connectivity index (χ2n) is 3.96. The van der Waals surface area contributed by atoms with Crippen molar-refractivity contribution in [3.8, 4) is 5.75 Å². The van der Waals surface area contributed by atoms with E-state index in [2.05, 4.69) is 0 Å². The Morgan fingerprint density at radius 1 is 1.20 bits per heavy atom. The van der Waals surface area contributed by atoms with Gasteiger partial charge in [0, 0.05) is 0 Å². The number of carboxylic acid groups (broad SMARTS) is 1. The van der Waals surface area contributed by atoms with E-state index in [0.717, 1.165) is 6.07 Å². The topological polar surface area (TPSA) is 46.5 Å². The fourth-order valence-electron chi connectivity index (χ4n) is 1.62. The fourth-order valence-corrected chi connectivity index (χ4v) is 1.94. The largest absolute Gasteiger partial charge is 0.488 e. The molecule has 0 radical (unpaired) electrons. The van der Waals surface area contributed by atoms with Gasteiger partial charge in [0.25, 0.3) is 0 Å². The van der Waals surface area contributed by atoms with E-state index in [1.165, 1.54) is 12.1 Å². The van der Waals surface area contributed by atoms with E-state index < -0.39 is 17.3 Å². The Bertz CT molecular complexity index is 659. The molecule has 0 fully saturated rings. The number of aromatic carboxylic acids is 1. The lowest BCUT2D eigenvalue weighted by Gasteiger charge is -2.10. The van der Waals surface area contributed by atoms with Gasteiger partial charge < -0.3 is 9.84 Å². The molecule has 0 spiro atoms. The molecule has 2 aromatic carbocycles. The Morgan fingerprint density at radius 2 is 1.95 bits per heavy atom. The molecule has 104 valence electrons. The number of carboxylic acids is 1. The van der Waals surface area contributed by atoms with Crippen LogP contribution in [0.4, 0.5) is 4.39 Å². The molecule has 0 heterocycles. The minimum Gasteiger partial charge on any atom is -0.488 e. The van der Waals surface area contributed by atoms with Gasteiger partial charge in [0.05, 0.1) is 10.0 Å². The number of rotatable bonds is 4. The highest BCUT2D eigenvalue weighted by Gasteiger charge is 2.16. The monoisotopic (exact) mass is 314 g/mol. The number of hydrogen-bond donors (Lipinski definition) is 1. The molecule has 0 atom stereocenters. The average Bonchev–Trinajstić information content (AvgIpc) is 2.39. The van der Waals surface area contributed by atoms with Crippen molar-refractivity contribution >= 4 is 29.2 Å². The van der Waals surface area contributed by atoms with Crippen LogP contribution < -0.4 is 4.74 Å². The third-order valence-corrected chi connectivity index (χ3v) is 3.31. The summed E-state index contributed by atoms with van der Waals surface area (Å²) in [6.45, 7) is 0.0562. The normalized spacial score (nSPS) is 10.3. The van der Waals surface area contributed by atoms with Gasteiger partial charge in [-0.25, -0.2) is 9.18 Å². The molecule has 0 bridgehead atoms. The first-order valence-electron chi connectivity index (χ1n) is 5.57. The average molecular weight is 315 g/mol. The molecule has 0 amide bonds. The first kappa shape index (κ1) is 14.6. The van der Waals surface area contributed by atoms with Crippen molar-refractivity contribution in [1.29, 1.82) is 0 Å². The van der Waals surface area contributed by atoms with Gasteiger partial charge in [-0.3, -0.25) is 0 Å². The summed E-state index contributed by atoms with van der Waals surface area (Å²) in [5, 5.41) is 9.74. The van der Waals surface area contributed by atoms with E-state index in [1.807, 2.05) is 0 Å². The summed E-state index contributed by atoms with van der Waals surface area (Å²) in [5.41, 5.74) is 0.201. The lowest BCUT2D eigenvalue weighted by Crippen LogP contribution is -2.06. The van der Waals surface area contributed by atoms with Crippen LogP contribution in [0.2, 0.25) is 10.0 Å². The van der Waals surface area contributed by atoms with Crippen molar-refractivity contribution in [3.63, 3.8) is 0 Å². The Balaban J connectivity index is 2.21. The molecule has 1 N–H and O–H groups in total. The van der Waals surface area contributed by atoms with Crippen LogP contribution in [-0.4, -0.2) is 11.1 Å². The van der Waals surface area contributed by atoms with Crippen LogP contribution in [0.15, 0.2) is 36.4 Å². The number of halogens is 3. The zero-order valence-electron chi connectivity index (χ0n) is 10.1. The highest BCUT2D eigenvalue weighted by Crippen LogP contribution is 2.25. The van der Waals surface area contributed by atoms with Crippen LogP contribution >= 0.6 is 23.2 Å². The third kappa shape index (κ3) is 3.21. The maximum absolute atomic E-state index is 13.4. The lowest BCUT2D eigenvalue weighted by molar-refractivity contribution is 0.0686. The first-order chi connectivity index (χ1) is 9.49. The quantitative estimate of drug-likeness (QED) is 0.909. The van der Waals surface area contributed by atoms with Gasteiger partial charge in [0.1, 0.15) is 23.7 Å². The summed E-state index contributed by atoms with van der Waals surface area (Å²) >= 11 is 11.6. The van der Waals surface area contributed by atoms with Crippen LogP contribution in [-0.2, 0) is 6.61 Å². The number of ether oxygens (including phenoxy) is 1. The molecule has 6 heteroatoms. The molecule has 20 heavy (non-hydrogen) atoms. The zero-order valence-corrected chi connectivity index (χ0v) is 11.6. The van der Waals surface area contributed by atoms with E-state index in [-0.39, 0.29) is 12.4 Å². The second kappa shape index (κ2) is 6.11. The summed E-state index contributed by atoms with van der Waals surface area (Å²) < 4.78 is 18.8. The predicted molar refractivity (Wildman–Crippen MR) is 74.2 cm³/mol. The number of benzene rings is 2. The van der Waals surface area contributed by atoms with Crippen LogP contribution in [0.3, 0.4) is 0 Å². The Labute approximate surface area is 124 Å². The first-order valence-corrected chi connectivity index (χ1v) is 6.33. The van der Waals surface area contributed by atoms with Crippen molar-refractivity contribution in [2.24, 2.45) is 0 Å². The molecular weight excluding hydrogens is 306 g/mol. The van der Waals surface area contributed by atoms with Gasteiger partial charge in [-0.15, -0.1) is 0 Å². The SMILES string of the molecule is O=C(O)c1c(F)cccc1OCc1ccc(Cl)c(Cl)c1. The van der Waals surface area contributed by atoms with Crippen LogP contribution in [0.5, 0.6) is 5.75 Å². The molecule has 0 saturated heterocycles. The maximum Gasteiger partial charge on any atom is 0.342 e. The molecule has 0 saturated carbocycles. The minimum absolute atomic E-state index is 0.0384. The van der Waals surface area contributed by atoms with Crippen molar-refractivity contribution in [2.45, 2.75) is 6.61 Å². The highest BCUT2D eigenvalue weighted by molar-refractivity contribution is 6.42. The molecule has 0 unspecified atom stereocenters. The molecule has 2 aromatic rings. The number of hydrogen-bond acceptors (Lipinski definition) is 2. The van der Waals surface area contributed by atoms with Crippen LogP contribution in [0, 0.1) is 5.82 Å². The van der Waals surface area contributed by atoms with Crippen molar-refractivity contribution in [1.82, 2.24) is 0 Å². The lowest BCUT2D eigenvalue weighted by atomic mass is 10.2. The summed E-state index contributed by atoms with van der Waals surface area (Å²) in [4.78, 5) is 11.0. The van der Waals surface area contributed by atoms with E-state index in [9.17, 15) is 9.18 Å². The summed E-state index contributed by atoms with van der Waals surface area (Å²) in [6, 6.07) is 8.73. The van der Waals surface area contributed by atoms with Crippen LogP contribution in [0.1, 0.15) is 15.9 Å². The Kier molecular flexibility index (Phi) is 4.47. The van der Waals surface area contributed by atoms with Crippen molar-refractivity contribution in [2.75, 3.05) is 0 Å². The van der Waals surface area contributed by atoms with Gasteiger partial charge in [0.2, 0.25) is 0 Å². The van der Waals surface area contributed by atoms with Gasteiger partial charge >= 0.3 is 5.97 Å². The highest BCUT2D eigenvalue weighted by atomic mass is 35.5. The van der Waals surface area contributed by atoms with E-state index >= 15 is 0 Å². The van der Waals surface area contributed by atoms with Gasteiger partial charge in [-0.05, 0) is 29.8 Å². The van der Waals surface area contributed by atoms with Crippen molar-refractivity contribution in [3.05, 3.63) is 63.4 Å². The van der Waals surface area contributed by atoms with E-state index in [1.54, 1.807) is 18.2 Å². The van der Waals surface area contributed by atoms with Gasteiger partial charge in [-0.1, -0.05) is 35.3 Å². The minimum atomic E-state index is -1.38. The number of carbonyl (C=O) groups is 1. The van der Waals surface area contributed by atoms with Gasteiger partial charge in [-0.2, -0.15) is 0 Å². The molecular formula is C14H9Cl2FO3. The predicted octanol–water partition coefficient (Wildman–Crippen LogP) is 4.41. The molecule has 0 aliphatic carbocycles. The smallest absolute Gasteiger partial charge is 0.342 e. The maximum atomic E-state index is 13.4. The third-order valence-electron chi connectivity index (χ3n) is 2.57. The summed E-state index contributed by atoms with van der Waals surface area (Å²) in [6.07, 6.45) is 0. The fraction of sp³-hybridized carbons (Fsp3) is 0.0714. The molecule has 3 nitrogen and oxygen atoms in total. The molecule has 0 aliphatic heterocycles. The molecule has 0 aromatic heterocycles. The van der Waals surface area contributed by atoms with E-state index in [4.69, 9.17) is 33.0 Å². The standard InChI is InChI=1S/C14H9Cl2FO3/c15-9-5-4-8(6-10(9)16)7-20-12-3-1-2-11(17)13(12)14(18)19/h1-6H,7H2,(H,18,19). The second-order valence-corrected chi connectivity index (χ2v) is 4.77. The van der Waals surface area contributed by atoms with Gasteiger partial charge in [0.15, 0.2) is 0 Å². The summed E-state index contributed by atoms with van der Waals surface area (Å²) in [7, 11) is 0. The summed E-state index contributed by atoms with van der Waals surface area (Å²) in [5.74, 6) is -2.26. The Hall–Kier alpha value is -1.78. The van der Waals surface area contributed by atoms with Crippen LogP contribution in [0.25, 0.3) is 0 Å².